The van der Waals surface area contributed by atoms with E-state index in [1.54, 1.807) is 12.4 Å². The van der Waals surface area contributed by atoms with Gasteiger partial charge in [0.05, 0.1) is 35.9 Å². The van der Waals surface area contributed by atoms with Crippen LogP contribution in [-0.4, -0.2) is 28.5 Å². The van der Waals surface area contributed by atoms with Crippen molar-refractivity contribution in [3.8, 4) is 0 Å². The Morgan fingerprint density at radius 1 is 0.889 bits per heavy atom. The molecule has 0 saturated carbocycles. The molecule has 4 rings (SSSR count). The van der Waals surface area contributed by atoms with Gasteiger partial charge >= 0.3 is 0 Å². The Bertz CT molecular complexity index is 916. The van der Waals surface area contributed by atoms with Crippen LogP contribution in [0.15, 0.2) is 73.1 Å². The minimum Gasteiger partial charge on any atom is -0.368 e. The maximum absolute atomic E-state index is 12.3. The number of benzene rings is 1. The Morgan fingerprint density at radius 2 is 1.48 bits per heavy atom. The van der Waals surface area contributed by atoms with Gasteiger partial charge in [0, 0.05) is 18.9 Å². The Labute approximate surface area is 158 Å². The molecule has 3 aromatic rings. The van der Waals surface area contributed by atoms with E-state index in [1.807, 2.05) is 54.6 Å². The molecule has 27 heavy (non-hydrogen) atoms. The van der Waals surface area contributed by atoms with Crippen molar-refractivity contribution in [2.75, 3.05) is 16.3 Å². The van der Waals surface area contributed by atoms with Gasteiger partial charge in [-0.25, -0.2) is 0 Å². The largest absolute Gasteiger partial charge is 0.368 e. The average molecular weight is 359 g/mol. The second kappa shape index (κ2) is 7.45. The summed E-state index contributed by atoms with van der Waals surface area (Å²) in [5, 5.41) is 0. The Morgan fingerprint density at radius 3 is 2.07 bits per heavy atom. The van der Waals surface area contributed by atoms with Gasteiger partial charge in [-0.15, -0.1) is 0 Å². The number of hydrogen-bond donors (Lipinski definition) is 1. The van der Waals surface area contributed by atoms with Gasteiger partial charge in [0.25, 0.3) is 0 Å². The fourth-order valence-electron chi connectivity index (χ4n) is 3.49. The van der Waals surface area contributed by atoms with E-state index in [9.17, 15) is 4.79 Å². The lowest BCUT2D eigenvalue weighted by atomic mass is 10.0. The molecule has 2 N–H and O–H groups in total. The van der Waals surface area contributed by atoms with Gasteiger partial charge in [-0.2, -0.15) is 0 Å². The molecule has 1 aromatic carbocycles. The molecular formula is C21H21N5O. The van der Waals surface area contributed by atoms with Crippen LogP contribution < -0.4 is 15.5 Å². The number of nitrogens with zero attached hydrogens (tertiary/aromatic N) is 4. The van der Waals surface area contributed by atoms with Crippen molar-refractivity contribution in [1.29, 1.82) is 0 Å². The molecule has 3 heterocycles. The molecule has 1 unspecified atom stereocenters. The first-order valence-corrected chi connectivity index (χ1v) is 8.92. The normalized spacial score (nSPS) is 16.1. The summed E-state index contributed by atoms with van der Waals surface area (Å²) in [5.41, 5.74) is 9.68. The van der Waals surface area contributed by atoms with Crippen molar-refractivity contribution >= 4 is 17.3 Å². The van der Waals surface area contributed by atoms with Crippen molar-refractivity contribution < 1.29 is 4.79 Å². The van der Waals surface area contributed by atoms with Gasteiger partial charge in [-0.3, -0.25) is 14.8 Å². The number of para-hydroxylation sites is 2. The molecule has 0 fully saturated rings. The van der Waals surface area contributed by atoms with Crippen LogP contribution in [0.2, 0.25) is 0 Å². The minimum absolute atomic E-state index is 0.341. The molecule has 0 bridgehead atoms. The summed E-state index contributed by atoms with van der Waals surface area (Å²) >= 11 is 0. The Kier molecular flexibility index (Phi) is 4.70. The number of aromatic nitrogens is 2. The van der Waals surface area contributed by atoms with Crippen molar-refractivity contribution in [2.45, 2.75) is 19.1 Å². The molecule has 136 valence electrons. The summed E-state index contributed by atoms with van der Waals surface area (Å²) in [4.78, 5) is 25.3. The van der Waals surface area contributed by atoms with E-state index in [-0.39, 0.29) is 5.91 Å². The Balaban J connectivity index is 1.70. The summed E-state index contributed by atoms with van der Waals surface area (Å²) < 4.78 is 0. The predicted octanol–water partition coefficient (Wildman–Crippen LogP) is 2.36. The van der Waals surface area contributed by atoms with Gasteiger partial charge in [0.1, 0.15) is 6.04 Å². The molecule has 0 spiro atoms. The zero-order valence-corrected chi connectivity index (χ0v) is 14.9. The number of carbonyl (C=O) groups is 1. The van der Waals surface area contributed by atoms with E-state index < -0.39 is 6.04 Å². The van der Waals surface area contributed by atoms with Crippen LogP contribution in [0.25, 0.3) is 0 Å². The molecule has 1 aliphatic rings. The number of fused-ring (bicyclic) bond motifs is 1. The first-order chi connectivity index (χ1) is 13.2. The number of amides is 1. The molecular weight excluding hydrogens is 338 g/mol. The highest BCUT2D eigenvalue weighted by Gasteiger charge is 2.34. The number of carbonyl (C=O) groups excluding carboxylic acids is 1. The van der Waals surface area contributed by atoms with E-state index in [1.165, 1.54) is 0 Å². The van der Waals surface area contributed by atoms with Crippen LogP contribution >= 0.6 is 0 Å². The smallest absolute Gasteiger partial charge is 0.241 e. The fraction of sp³-hybridized carbons (Fsp3) is 0.190. The highest BCUT2D eigenvalue weighted by Crippen LogP contribution is 2.36. The van der Waals surface area contributed by atoms with E-state index in [0.29, 0.717) is 19.6 Å². The average Bonchev–Trinajstić information content (AvgIpc) is 2.71. The van der Waals surface area contributed by atoms with E-state index in [4.69, 9.17) is 5.73 Å². The Hall–Kier alpha value is -3.41. The van der Waals surface area contributed by atoms with Crippen LogP contribution in [0.5, 0.6) is 0 Å². The lowest BCUT2D eigenvalue weighted by molar-refractivity contribution is -0.119. The predicted molar refractivity (Wildman–Crippen MR) is 105 cm³/mol. The fourth-order valence-corrected chi connectivity index (χ4v) is 3.49. The van der Waals surface area contributed by atoms with Crippen molar-refractivity contribution in [2.24, 2.45) is 5.73 Å². The first-order valence-electron chi connectivity index (χ1n) is 8.92. The molecule has 1 amide bonds. The van der Waals surface area contributed by atoms with Crippen LogP contribution in [0.3, 0.4) is 0 Å². The summed E-state index contributed by atoms with van der Waals surface area (Å²) in [6.45, 7) is 1.66. The number of primary amides is 1. The molecule has 1 aliphatic heterocycles. The zero-order chi connectivity index (χ0) is 18.6. The highest BCUT2D eigenvalue weighted by atomic mass is 16.1. The van der Waals surface area contributed by atoms with Gasteiger partial charge in [0.15, 0.2) is 0 Å². The lowest BCUT2D eigenvalue weighted by Gasteiger charge is -2.43. The number of anilines is 2. The maximum atomic E-state index is 12.3. The van der Waals surface area contributed by atoms with Gasteiger partial charge in [0.2, 0.25) is 5.91 Å². The SMILES string of the molecule is NC(=O)C1CN(Cc2ccccn2)c2ccccc2N1Cc1ccccn1. The van der Waals surface area contributed by atoms with Crippen molar-refractivity contribution in [3.05, 3.63) is 84.4 Å². The standard InChI is InChI=1S/C21H21N5O/c22-21(27)20-15-25(13-16-7-3-5-11-23-16)18-9-1-2-10-19(18)26(20)14-17-8-4-6-12-24-17/h1-12,20H,13-15H2,(H2,22,27). The van der Waals surface area contributed by atoms with Gasteiger partial charge in [-0.05, 0) is 36.4 Å². The van der Waals surface area contributed by atoms with Crippen LogP contribution in [0.4, 0.5) is 11.4 Å². The summed E-state index contributed by atoms with van der Waals surface area (Å²) in [7, 11) is 0. The lowest BCUT2D eigenvalue weighted by Crippen LogP contribution is -2.54. The second-order valence-electron chi connectivity index (χ2n) is 6.56. The molecule has 0 radical (unpaired) electrons. The number of hydrogen-bond acceptors (Lipinski definition) is 5. The van der Waals surface area contributed by atoms with Gasteiger partial charge in [-0.1, -0.05) is 24.3 Å². The number of nitrogens with two attached hydrogens (primary N) is 1. The first kappa shape index (κ1) is 17.0. The highest BCUT2D eigenvalue weighted by molar-refractivity contribution is 5.88. The molecule has 0 aliphatic carbocycles. The van der Waals surface area contributed by atoms with Crippen LogP contribution in [-0.2, 0) is 17.9 Å². The number of pyridine rings is 2. The summed E-state index contributed by atoms with van der Waals surface area (Å²) in [5.74, 6) is -0.341. The van der Waals surface area contributed by atoms with E-state index in [0.717, 1.165) is 22.8 Å². The quantitative estimate of drug-likeness (QED) is 0.757. The minimum atomic E-state index is -0.439. The topological polar surface area (TPSA) is 75.4 Å². The van der Waals surface area contributed by atoms with Crippen molar-refractivity contribution in [3.63, 3.8) is 0 Å². The molecule has 6 heteroatoms. The van der Waals surface area contributed by atoms with Crippen LogP contribution in [0, 0.1) is 0 Å². The summed E-state index contributed by atoms with van der Waals surface area (Å²) in [6, 6.07) is 19.3. The maximum Gasteiger partial charge on any atom is 0.241 e. The van der Waals surface area contributed by atoms with Crippen LogP contribution in [0.1, 0.15) is 11.4 Å². The monoisotopic (exact) mass is 359 g/mol. The third-order valence-electron chi connectivity index (χ3n) is 4.77. The molecule has 2 aromatic heterocycles. The third-order valence-corrected chi connectivity index (χ3v) is 4.77. The summed E-state index contributed by atoms with van der Waals surface area (Å²) in [6.07, 6.45) is 3.54. The van der Waals surface area contributed by atoms with E-state index >= 15 is 0 Å². The zero-order valence-electron chi connectivity index (χ0n) is 14.9. The van der Waals surface area contributed by atoms with Gasteiger partial charge < -0.3 is 15.5 Å². The third kappa shape index (κ3) is 3.60. The number of rotatable bonds is 5. The second-order valence-corrected chi connectivity index (χ2v) is 6.56. The molecule has 1 atom stereocenters. The van der Waals surface area contributed by atoms with Crippen molar-refractivity contribution in [1.82, 2.24) is 9.97 Å². The molecule has 0 saturated heterocycles. The molecule has 6 nitrogen and oxygen atoms in total. The van der Waals surface area contributed by atoms with E-state index in [2.05, 4.69) is 25.8 Å².